The molecule has 2 aliphatic heterocycles. The highest BCUT2D eigenvalue weighted by atomic mass is 32.2. The molecule has 0 aliphatic carbocycles. The summed E-state index contributed by atoms with van der Waals surface area (Å²) in [6.07, 6.45) is 3.50. The van der Waals surface area contributed by atoms with E-state index in [-0.39, 0.29) is 16.5 Å². The number of carbonyl (C=O) groups is 1. The molecule has 6 rings (SSSR count). The van der Waals surface area contributed by atoms with Crippen LogP contribution in [-0.2, 0) is 24.3 Å². The molecule has 1 fully saturated rings. The lowest BCUT2D eigenvalue weighted by molar-refractivity contribution is -0.129. The molecular weight excluding hydrogens is 516 g/mol. The molecule has 0 atom stereocenters. The summed E-state index contributed by atoms with van der Waals surface area (Å²) >= 11 is 0. The monoisotopic (exact) mass is 540 g/mol. The highest BCUT2D eigenvalue weighted by Gasteiger charge is 2.28. The number of esters is 1. The van der Waals surface area contributed by atoms with Crippen LogP contribution in [0.2, 0.25) is 0 Å². The Morgan fingerprint density at radius 1 is 0.821 bits per heavy atom. The van der Waals surface area contributed by atoms with Crippen LogP contribution in [0.4, 0.5) is 0 Å². The molecule has 0 saturated carbocycles. The molecule has 0 amide bonds. The van der Waals surface area contributed by atoms with Crippen molar-refractivity contribution < 1.29 is 22.7 Å². The Morgan fingerprint density at radius 2 is 1.49 bits per heavy atom. The average molecular weight is 541 g/mol. The highest BCUT2D eigenvalue weighted by molar-refractivity contribution is 7.89. The lowest BCUT2D eigenvalue weighted by Gasteiger charge is -2.26. The molecule has 0 bridgehead atoms. The smallest absolute Gasteiger partial charge is 0.363 e. The zero-order chi connectivity index (χ0) is 26.8. The van der Waals surface area contributed by atoms with Crippen molar-refractivity contribution in [3.63, 3.8) is 0 Å². The van der Waals surface area contributed by atoms with Gasteiger partial charge in [-0.2, -0.15) is 9.40 Å². The Morgan fingerprint density at radius 3 is 2.18 bits per heavy atom. The Bertz CT molecular complexity index is 1670. The van der Waals surface area contributed by atoms with Gasteiger partial charge in [-0.1, -0.05) is 48.5 Å². The standard InChI is InChI=1S/C29H24N4O5S/c34-29-26(19-23-20-33(24-9-5-2-6-10-24)31-27(23)21-7-3-1-4-8-21)30-28(38-29)22-11-13-25(14-12-22)39(35,36)32-15-17-37-18-16-32/h1-14,19-20H,15-18H2/b26-19-. The van der Waals surface area contributed by atoms with Gasteiger partial charge in [0, 0.05) is 36.0 Å². The van der Waals surface area contributed by atoms with Crippen LogP contribution in [-0.4, -0.2) is 60.7 Å². The zero-order valence-electron chi connectivity index (χ0n) is 20.8. The number of carbonyl (C=O) groups excluding carboxylic acids is 1. The van der Waals surface area contributed by atoms with Gasteiger partial charge in [-0.15, -0.1) is 0 Å². The van der Waals surface area contributed by atoms with Crippen molar-refractivity contribution in [2.24, 2.45) is 4.99 Å². The second-order valence-electron chi connectivity index (χ2n) is 8.96. The van der Waals surface area contributed by atoms with Gasteiger partial charge in [0.2, 0.25) is 15.9 Å². The fraction of sp³-hybridized carbons (Fsp3) is 0.138. The number of aromatic nitrogens is 2. The van der Waals surface area contributed by atoms with Crippen molar-refractivity contribution in [1.29, 1.82) is 0 Å². The van der Waals surface area contributed by atoms with E-state index in [4.69, 9.17) is 14.6 Å². The van der Waals surface area contributed by atoms with E-state index in [9.17, 15) is 13.2 Å². The number of para-hydroxylation sites is 1. The van der Waals surface area contributed by atoms with E-state index in [0.717, 1.165) is 11.3 Å². The number of benzene rings is 3. The first-order chi connectivity index (χ1) is 19.0. The zero-order valence-corrected chi connectivity index (χ0v) is 21.6. The molecule has 0 radical (unpaired) electrons. The van der Waals surface area contributed by atoms with Crippen LogP contribution in [0.25, 0.3) is 23.0 Å². The van der Waals surface area contributed by atoms with Crippen LogP contribution in [0.1, 0.15) is 11.1 Å². The summed E-state index contributed by atoms with van der Waals surface area (Å²) in [4.78, 5) is 17.4. The number of nitrogens with zero attached hydrogens (tertiary/aromatic N) is 4. The van der Waals surface area contributed by atoms with Crippen molar-refractivity contribution >= 4 is 28.0 Å². The molecule has 3 aromatic carbocycles. The fourth-order valence-electron chi connectivity index (χ4n) is 4.41. The molecule has 39 heavy (non-hydrogen) atoms. The van der Waals surface area contributed by atoms with E-state index in [1.54, 1.807) is 22.9 Å². The van der Waals surface area contributed by atoms with Crippen molar-refractivity contribution in [1.82, 2.24) is 14.1 Å². The average Bonchev–Trinajstić information content (AvgIpc) is 3.58. The van der Waals surface area contributed by atoms with Crippen molar-refractivity contribution in [3.8, 4) is 16.9 Å². The maximum absolute atomic E-state index is 12.9. The van der Waals surface area contributed by atoms with Gasteiger partial charge in [-0.25, -0.2) is 22.9 Å². The van der Waals surface area contributed by atoms with E-state index in [1.807, 2.05) is 66.9 Å². The molecule has 0 unspecified atom stereocenters. The molecule has 196 valence electrons. The van der Waals surface area contributed by atoms with Crippen LogP contribution < -0.4 is 0 Å². The topological polar surface area (TPSA) is 103 Å². The van der Waals surface area contributed by atoms with Gasteiger partial charge in [0.1, 0.15) is 5.69 Å². The minimum atomic E-state index is -3.63. The quantitative estimate of drug-likeness (QED) is 0.272. The fourth-order valence-corrected chi connectivity index (χ4v) is 5.82. The van der Waals surface area contributed by atoms with Gasteiger partial charge >= 0.3 is 5.97 Å². The molecule has 4 aromatic rings. The number of sulfonamides is 1. The van der Waals surface area contributed by atoms with Gasteiger partial charge in [0.25, 0.3) is 0 Å². The summed E-state index contributed by atoms with van der Waals surface area (Å²) in [6, 6.07) is 25.5. The largest absolute Gasteiger partial charge is 0.402 e. The molecule has 2 aliphatic rings. The summed E-state index contributed by atoms with van der Waals surface area (Å²) in [7, 11) is -3.63. The van der Waals surface area contributed by atoms with E-state index < -0.39 is 16.0 Å². The third-order valence-corrected chi connectivity index (χ3v) is 8.35. The lowest BCUT2D eigenvalue weighted by Crippen LogP contribution is -2.40. The van der Waals surface area contributed by atoms with Gasteiger partial charge in [-0.3, -0.25) is 0 Å². The minimum Gasteiger partial charge on any atom is -0.402 e. The lowest BCUT2D eigenvalue weighted by atomic mass is 10.1. The molecule has 10 heteroatoms. The first-order valence-electron chi connectivity index (χ1n) is 12.4. The SMILES string of the molecule is O=C1OC(c2ccc(S(=O)(=O)N3CCOCC3)cc2)=N/C1=C\c1cn(-c2ccccc2)nc1-c1ccccc1. The van der Waals surface area contributed by atoms with Gasteiger partial charge in [-0.05, 0) is 42.5 Å². The number of cyclic esters (lactones) is 1. The third-order valence-electron chi connectivity index (χ3n) is 6.43. The van der Waals surface area contributed by atoms with Crippen LogP contribution in [0.3, 0.4) is 0 Å². The Hall–Kier alpha value is -4.38. The minimum absolute atomic E-state index is 0.110. The molecular formula is C29H24N4O5S. The van der Waals surface area contributed by atoms with E-state index in [1.165, 1.54) is 16.4 Å². The van der Waals surface area contributed by atoms with E-state index in [2.05, 4.69) is 4.99 Å². The number of rotatable bonds is 6. The predicted molar refractivity (Wildman–Crippen MR) is 146 cm³/mol. The van der Waals surface area contributed by atoms with Crippen molar-refractivity contribution in [2.75, 3.05) is 26.3 Å². The molecule has 0 spiro atoms. The molecule has 1 saturated heterocycles. The summed E-state index contributed by atoms with van der Waals surface area (Å²) in [5.74, 6) is -0.486. The number of aliphatic imine (C=N–C) groups is 1. The number of ether oxygens (including phenoxy) is 2. The van der Waals surface area contributed by atoms with E-state index in [0.29, 0.717) is 43.1 Å². The Labute approximate surface area is 225 Å². The Kier molecular flexibility index (Phi) is 6.65. The van der Waals surface area contributed by atoms with Crippen LogP contribution >= 0.6 is 0 Å². The maximum Gasteiger partial charge on any atom is 0.363 e. The van der Waals surface area contributed by atoms with Gasteiger partial charge in [0.05, 0.1) is 23.8 Å². The maximum atomic E-state index is 12.9. The van der Waals surface area contributed by atoms with Gasteiger partial charge in [0.15, 0.2) is 5.70 Å². The normalized spacial score (nSPS) is 17.3. The number of morpholine rings is 1. The first kappa shape index (κ1) is 24.9. The third kappa shape index (κ3) is 5.05. The van der Waals surface area contributed by atoms with Crippen molar-refractivity contribution in [3.05, 3.63) is 108 Å². The van der Waals surface area contributed by atoms with E-state index >= 15 is 0 Å². The summed E-state index contributed by atoms with van der Waals surface area (Å²) in [5, 5.41) is 4.77. The van der Waals surface area contributed by atoms with Crippen LogP contribution in [0.5, 0.6) is 0 Å². The van der Waals surface area contributed by atoms with Crippen LogP contribution in [0.15, 0.2) is 107 Å². The summed E-state index contributed by atoms with van der Waals surface area (Å²) in [6.45, 7) is 1.37. The Balaban J connectivity index is 1.32. The second kappa shape index (κ2) is 10.4. The molecule has 0 N–H and O–H groups in total. The first-order valence-corrected chi connectivity index (χ1v) is 13.8. The summed E-state index contributed by atoms with van der Waals surface area (Å²) in [5.41, 5.74) is 3.79. The van der Waals surface area contributed by atoms with Gasteiger partial charge < -0.3 is 9.47 Å². The molecule has 3 heterocycles. The molecule has 1 aromatic heterocycles. The number of hydrogen-bond donors (Lipinski definition) is 0. The van der Waals surface area contributed by atoms with Crippen molar-refractivity contribution in [2.45, 2.75) is 4.90 Å². The number of hydrogen-bond acceptors (Lipinski definition) is 7. The summed E-state index contributed by atoms with van der Waals surface area (Å²) < 4.78 is 39.7. The predicted octanol–water partition coefficient (Wildman–Crippen LogP) is 3.90. The second-order valence-corrected chi connectivity index (χ2v) is 10.9. The highest BCUT2D eigenvalue weighted by Crippen LogP contribution is 2.28. The van der Waals surface area contributed by atoms with Crippen LogP contribution in [0, 0.1) is 0 Å². The molecule has 9 nitrogen and oxygen atoms in total.